The van der Waals surface area contributed by atoms with Crippen LogP contribution in [0.15, 0.2) is 67.1 Å². The molecule has 146 valence electrons. The Morgan fingerprint density at radius 1 is 1.03 bits per heavy atom. The Morgan fingerprint density at radius 2 is 1.86 bits per heavy atom. The Labute approximate surface area is 174 Å². The normalized spacial score (nSPS) is 16.8. The smallest absolute Gasteiger partial charge is 0.180 e. The van der Waals surface area contributed by atoms with E-state index in [9.17, 15) is 0 Å². The maximum absolute atomic E-state index is 6.00. The average molecular weight is 404 g/mol. The highest BCUT2D eigenvalue weighted by Crippen LogP contribution is 2.28. The van der Waals surface area contributed by atoms with E-state index in [4.69, 9.17) is 16.6 Å². The molecular formula is C23H22ClN5. The highest BCUT2D eigenvalue weighted by Gasteiger charge is 2.15. The first-order valence-electron chi connectivity index (χ1n) is 9.96. The third-order valence-electron chi connectivity index (χ3n) is 5.40. The molecular weight excluding hydrogens is 382 g/mol. The number of fused-ring (bicyclic) bond motifs is 1. The number of hydrogen-bond donors (Lipinski definition) is 2. The minimum absolute atomic E-state index is 0.462. The lowest BCUT2D eigenvalue weighted by atomic mass is 9.96. The maximum Gasteiger partial charge on any atom is 0.180 e. The van der Waals surface area contributed by atoms with Crippen LogP contribution in [0, 0.1) is 0 Å². The molecule has 0 bridgehead atoms. The number of nitrogens with zero attached hydrogens (tertiary/aromatic N) is 3. The first-order chi connectivity index (χ1) is 14.3. The summed E-state index contributed by atoms with van der Waals surface area (Å²) in [7, 11) is 0. The summed E-state index contributed by atoms with van der Waals surface area (Å²) < 4.78 is 2.00. The zero-order valence-electron chi connectivity index (χ0n) is 16.0. The van der Waals surface area contributed by atoms with Crippen molar-refractivity contribution in [1.82, 2.24) is 19.7 Å². The van der Waals surface area contributed by atoms with Crippen LogP contribution in [0.2, 0.25) is 5.02 Å². The highest BCUT2D eigenvalue weighted by molar-refractivity contribution is 6.30. The van der Waals surface area contributed by atoms with Crippen molar-refractivity contribution in [3.63, 3.8) is 0 Å². The van der Waals surface area contributed by atoms with Crippen LogP contribution < -0.4 is 10.6 Å². The minimum Gasteiger partial charge on any atom is -0.337 e. The van der Waals surface area contributed by atoms with E-state index in [2.05, 4.69) is 39.9 Å². The molecule has 0 spiro atoms. The first kappa shape index (κ1) is 18.2. The summed E-state index contributed by atoms with van der Waals surface area (Å²) in [6.45, 7) is 1.10. The number of anilines is 2. The fourth-order valence-corrected chi connectivity index (χ4v) is 3.97. The molecule has 0 saturated carbocycles. The van der Waals surface area contributed by atoms with E-state index >= 15 is 0 Å². The lowest BCUT2D eigenvalue weighted by Crippen LogP contribution is -2.26. The van der Waals surface area contributed by atoms with E-state index < -0.39 is 0 Å². The summed E-state index contributed by atoms with van der Waals surface area (Å²) >= 11 is 6.00. The minimum atomic E-state index is 0.462. The lowest BCUT2D eigenvalue weighted by Gasteiger charge is -2.24. The van der Waals surface area contributed by atoms with Gasteiger partial charge in [-0.25, -0.2) is 9.97 Å². The Balaban J connectivity index is 1.47. The van der Waals surface area contributed by atoms with Gasteiger partial charge in [-0.1, -0.05) is 42.3 Å². The van der Waals surface area contributed by atoms with E-state index in [1.54, 1.807) is 6.20 Å². The first-order valence-corrected chi connectivity index (χ1v) is 10.3. The molecule has 0 amide bonds. The molecule has 1 unspecified atom stereocenters. The van der Waals surface area contributed by atoms with Crippen molar-refractivity contribution in [2.24, 2.45) is 0 Å². The second-order valence-electron chi connectivity index (χ2n) is 7.39. The summed E-state index contributed by atoms with van der Waals surface area (Å²) in [6.07, 6.45) is 9.50. The van der Waals surface area contributed by atoms with Crippen LogP contribution in [0.1, 0.15) is 30.9 Å². The van der Waals surface area contributed by atoms with Gasteiger partial charge in [-0.2, -0.15) is 0 Å². The van der Waals surface area contributed by atoms with Crippen LogP contribution >= 0.6 is 11.6 Å². The number of piperidine rings is 1. The summed E-state index contributed by atoms with van der Waals surface area (Å²) in [5.41, 5.74) is 5.03. The number of imidazole rings is 1. The van der Waals surface area contributed by atoms with E-state index in [1.807, 2.05) is 41.1 Å². The molecule has 1 atom stereocenters. The largest absolute Gasteiger partial charge is 0.337 e. The third kappa shape index (κ3) is 3.84. The molecule has 1 saturated heterocycles. The van der Waals surface area contributed by atoms with E-state index in [0.717, 1.165) is 29.1 Å². The zero-order valence-corrected chi connectivity index (χ0v) is 16.7. The molecule has 1 fully saturated rings. The van der Waals surface area contributed by atoms with Crippen molar-refractivity contribution in [2.75, 3.05) is 11.9 Å². The molecule has 3 heterocycles. The second-order valence-corrected chi connectivity index (χ2v) is 7.83. The van der Waals surface area contributed by atoms with Gasteiger partial charge in [0, 0.05) is 40.9 Å². The molecule has 5 rings (SSSR count). The standard InChI is InChI=1S/C23H22ClN5/c24-18-8-10-19(11-9-18)27-22-23-26-13-14-29(23)15-21(28-22)17-6-4-16(5-7-17)20-3-1-2-12-25-20/h4-11,13-15,20,25H,1-3,12H2,(H,27,28). The van der Waals surface area contributed by atoms with Crippen molar-refractivity contribution in [3.8, 4) is 11.3 Å². The molecule has 0 aliphatic carbocycles. The van der Waals surface area contributed by atoms with Gasteiger partial charge < -0.3 is 15.0 Å². The Bertz CT molecular complexity index is 1110. The summed E-state index contributed by atoms with van der Waals surface area (Å²) in [5, 5.41) is 7.68. The molecule has 1 aliphatic heterocycles. The molecule has 2 aromatic heterocycles. The van der Waals surface area contributed by atoms with Crippen molar-refractivity contribution < 1.29 is 0 Å². The summed E-state index contributed by atoms with van der Waals surface area (Å²) in [5.74, 6) is 0.716. The molecule has 2 N–H and O–H groups in total. The monoisotopic (exact) mass is 403 g/mol. The highest BCUT2D eigenvalue weighted by atomic mass is 35.5. The summed E-state index contributed by atoms with van der Waals surface area (Å²) in [6, 6.07) is 16.8. The second kappa shape index (κ2) is 7.85. The van der Waals surface area contributed by atoms with Crippen molar-refractivity contribution in [3.05, 3.63) is 77.7 Å². The summed E-state index contributed by atoms with van der Waals surface area (Å²) in [4.78, 5) is 9.31. The quantitative estimate of drug-likeness (QED) is 0.465. The van der Waals surface area contributed by atoms with E-state index in [0.29, 0.717) is 16.9 Å². The van der Waals surface area contributed by atoms with Crippen LogP contribution in [0.3, 0.4) is 0 Å². The topological polar surface area (TPSA) is 54.2 Å². The Hall–Kier alpha value is -2.89. The van der Waals surface area contributed by atoms with Crippen molar-refractivity contribution >= 4 is 28.8 Å². The number of nitrogens with one attached hydrogen (secondary N) is 2. The number of rotatable bonds is 4. The number of hydrogen-bond acceptors (Lipinski definition) is 4. The predicted molar refractivity (Wildman–Crippen MR) is 118 cm³/mol. The van der Waals surface area contributed by atoms with Gasteiger partial charge in [-0.15, -0.1) is 0 Å². The fourth-order valence-electron chi connectivity index (χ4n) is 3.85. The van der Waals surface area contributed by atoms with Gasteiger partial charge in [0.05, 0.1) is 5.69 Å². The average Bonchev–Trinajstić information content (AvgIpc) is 3.25. The predicted octanol–water partition coefficient (Wildman–Crippen LogP) is 5.61. The Morgan fingerprint density at radius 3 is 2.62 bits per heavy atom. The van der Waals surface area contributed by atoms with E-state index in [-0.39, 0.29) is 0 Å². The van der Waals surface area contributed by atoms with Crippen LogP contribution in [0.25, 0.3) is 16.9 Å². The molecule has 2 aromatic carbocycles. The lowest BCUT2D eigenvalue weighted by molar-refractivity contribution is 0.412. The maximum atomic E-state index is 6.00. The number of halogens is 1. The van der Waals surface area contributed by atoms with Gasteiger partial charge in [0.1, 0.15) is 0 Å². The fraction of sp³-hybridized carbons (Fsp3) is 0.217. The van der Waals surface area contributed by atoms with Gasteiger partial charge >= 0.3 is 0 Å². The van der Waals surface area contributed by atoms with Crippen molar-refractivity contribution in [2.45, 2.75) is 25.3 Å². The molecule has 4 aromatic rings. The molecule has 1 aliphatic rings. The van der Waals surface area contributed by atoms with Gasteiger partial charge in [-0.3, -0.25) is 0 Å². The molecule has 0 radical (unpaired) electrons. The van der Waals surface area contributed by atoms with Crippen LogP contribution in [-0.2, 0) is 0 Å². The van der Waals surface area contributed by atoms with Gasteiger partial charge in [0.2, 0.25) is 0 Å². The van der Waals surface area contributed by atoms with Gasteiger partial charge in [0.15, 0.2) is 11.5 Å². The van der Waals surface area contributed by atoms with E-state index in [1.165, 1.54) is 24.8 Å². The van der Waals surface area contributed by atoms with Gasteiger partial charge in [0.25, 0.3) is 0 Å². The zero-order chi connectivity index (χ0) is 19.6. The SMILES string of the molecule is Clc1ccc(Nc2nc(-c3ccc(C4CCCCN4)cc3)cn3ccnc23)cc1. The number of aromatic nitrogens is 3. The third-order valence-corrected chi connectivity index (χ3v) is 5.65. The molecule has 6 heteroatoms. The Kier molecular flexibility index (Phi) is 4.92. The van der Waals surface area contributed by atoms with Crippen molar-refractivity contribution in [1.29, 1.82) is 0 Å². The number of benzene rings is 2. The van der Waals surface area contributed by atoms with Gasteiger partial charge in [-0.05, 0) is 49.2 Å². The van der Waals surface area contributed by atoms with Crippen LogP contribution in [0.4, 0.5) is 11.5 Å². The molecule has 29 heavy (non-hydrogen) atoms. The van der Waals surface area contributed by atoms with Crippen LogP contribution in [-0.4, -0.2) is 20.9 Å². The van der Waals surface area contributed by atoms with Crippen LogP contribution in [0.5, 0.6) is 0 Å². The molecule has 5 nitrogen and oxygen atoms in total.